The number of rotatable bonds is 5. The lowest BCUT2D eigenvalue weighted by Crippen LogP contribution is -2.10. The average molecular weight is 1590 g/mol. The molecule has 70 heavy (non-hydrogen) atoms. The zero-order valence-corrected chi connectivity index (χ0v) is 50.9. The molecule has 382 valence electrons. The number of methoxy groups -OCH3 is 1. The molecule has 0 saturated heterocycles. The first kappa shape index (κ1) is 70.8. The van der Waals surface area contributed by atoms with Crippen LogP contribution in [-0.4, -0.2) is 57.0 Å². The third kappa shape index (κ3) is 34.0. The van der Waals surface area contributed by atoms with Crippen molar-refractivity contribution in [2.24, 2.45) is 0 Å². The smallest absolute Gasteiger partial charge is 0.339 e. The number of carbonyl (C=O) groups excluding carboxylic acids is 5. The van der Waals surface area contributed by atoms with Gasteiger partial charge in [-0.15, -0.1) is 0 Å². The molecule has 0 atom stereocenters. The number of carboxylic acids is 1. The fourth-order valence-electron chi connectivity index (χ4n) is 4.34. The van der Waals surface area contributed by atoms with E-state index >= 15 is 0 Å². The van der Waals surface area contributed by atoms with Crippen LogP contribution in [0.2, 0.25) is 0 Å². The Balaban J connectivity index is -0.000000763. The number of ether oxygens (including phenoxy) is 2. The van der Waals surface area contributed by atoms with Crippen molar-refractivity contribution in [1.29, 1.82) is 0 Å². The molecule has 0 heterocycles. The van der Waals surface area contributed by atoms with Gasteiger partial charge in [-0.05, 0) is 212 Å². The number of amides is 2. The molecule has 0 bridgehead atoms. The van der Waals surface area contributed by atoms with Crippen molar-refractivity contribution in [3.05, 3.63) is 147 Å². The van der Waals surface area contributed by atoms with Crippen molar-refractivity contribution < 1.29 is 52.5 Å². The van der Waals surface area contributed by atoms with E-state index in [4.69, 9.17) is 20.8 Å². The normalized spacial score (nSPS) is 9.20. The molecule has 0 spiro atoms. The van der Waals surface area contributed by atoms with Crippen LogP contribution in [0.5, 0.6) is 0 Å². The van der Waals surface area contributed by atoms with Crippen LogP contribution in [-0.2, 0) is 37.9 Å². The zero-order valence-electron chi connectivity index (χ0n) is 37.8. The summed E-state index contributed by atoms with van der Waals surface area (Å²) in [5.74, 6) is -2.89. The molecule has 17 nitrogen and oxygen atoms in total. The molecule has 5 aromatic rings. The van der Waals surface area contributed by atoms with Crippen LogP contribution >= 0.6 is 134 Å². The van der Waals surface area contributed by atoms with E-state index in [1.54, 1.807) is 43.3 Å². The third-order valence-corrected chi connectivity index (χ3v) is 10.7. The van der Waals surface area contributed by atoms with E-state index in [-0.39, 0.29) is 35.4 Å². The van der Waals surface area contributed by atoms with Gasteiger partial charge in [0.15, 0.2) is 0 Å². The number of hydrogen-bond acceptors (Lipinski definition) is 13. The second-order valence-corrected chi connectivity index (χ2v) is 21.8. The van der Waals surface area contributed by atoms with Crippen LogP contribution in [0.1, 0.15) is 72.5 Å². The second-order valence-electron chi connectivity index (χ2n) is 13.0. The molecule has 0 aromatic heterocycles. The molecule has 0 aliphatic carbocycles. The molecule has 25 heteroatoms. The minimum Gasteiger partial charge on any atom is -0.478 e. The molecule has 0 aliphatic rings. The number of nitrogens with zero attached hydrogens (tertiary/aromatic N) is 1. The number of carbonyl (C=O) groups is 6. The highest BCUT2D eigenvalue weighted by molar-refractivity contribution is 14.1. The number of aromatic carboxylic acids is 1. The molecule has 0 radical (unpaired) electrons. The lowest BCUT2D eigenvalue weighted by atomic mass is 10.2. The lowest BCUT2D eigenvalue weighted by molar-refractivity contribution is -0.385. The van der Waals surface area contributed by atoms with Crippen LogP contribution in [0.15, 0.2) is 91.0 Å². The van der Waals surface area contributed by atoms with Gasteiger partial charge in [0.25, 0.3) is 5.69 Å². The standard InChI is InChI=1S/C9H8INO3.C9H10INO.C8H8INO2.C7H6INO2.C7H8IN.C4H6O3.CH4.Cl2OS/c1-5(12)11-8-4-6(10)2-3-7(8)9(13)14;1-6-3-4-8(10)5-9(6)11-7(2)12;1-12-8(11)6-3-2-5(9)4-7(6)10;1-5-2-3-6(8)4-7(5)9(10)11;1-5-2-3-6(8)4-7(5)9;1-3(5)7-4(2)6;;1-4(2)3/h2-4H,1H3,(H,11,12)(H,13,14);3-5H,1-2H3,(H,11,12);2-4H,10H2,1H3;2-4H,1H3;2-4H,9H2,1H3;1-2H3;1H4;. The van der Waals surface area contributed by atoms with Crippen LogP contribution in [0, 0.1) is 48.7 Å². The van der Waals surface area contributed by atoms with Gasteiger partial charge in [0, 0.05) is 95.6 Å². The topological polar surface area (TPSA) is 277 Å². The van der Waals surface area contributed by atoms with E-state index in [1.165, 1.54) is 44.4 Å². The Labute approximate surface area is 486 Å². The Kier molecular flexibility index (Phi) is 38.6. The van der Waals surface area contributed by atoms with Gasteiger partial charge in [0.1, 0.15) is 0 Å². The Morgan fingerprint density at radius 3 is 1.31 bits per heavy atom. The maximum absolute atomic E-state index is 11.0. The van der Waals surface area contributed by atoms with Crippen molar-refractivity contribution >= 4 is 208 Å². The van der Waals surface area contributed by atoms with Gasteiger partial charge in [-0.1, -0.05) is 25.6 Å². The second kappa shape index (κ2) is 38.2. The molecular weight excluding hydrogens is 1540 g/mol. The molecular formula is C45H50Cl2I5N5O12S. The van der Waals surface area contributed by atoms with Gasteiger partial charge in [0.05, 0.1) is 28.8 Å². The zero-order chi connectivity index (χ0) is 53.7. The number of hydrogen-bond donors (Lipinski definition) is 5. The average Bonchev–Trinajstić information content (AvgIpc) is 3.21. The molecule has 7 N–H and O–H groups in total. The van der Waals surface area contributed by atoms with Gasteiger partial charge in [-0.25, -0.2) is 13.8 Å². The fourth-order valence-corrected chi connectivity index (χ4v) is 6.82. The highest BCUT2D eigenvalue weighted by Gasteiger charge is 2.12. The molecule has 0 unspecified atom stereocenters. The van der Waals surface area contributed by atoms with Crippen molar-refractivity contribution in [2.75, 3.05) is 29.2 Å². The number of nitrogens with one attached hydrogen (secondary N) is 2. The highest BCUT2D eigenvalue weighted by atomic mass is 127. The molecule has 5 aromatic carbocycles. The summed E-state index contributed by atoms with van der Waals surface area (Å²) < 4.78 is 22.7. The molecule has 2 amide bonds. The van der Waals surface area contributed by atoms with E-state index in [2.05, 4.69) is 132 Å². The Hall–Kier alpha value is -3.50. The van der Waals surface area contributed by atoms with Crippen molar-refractivity contribution in [3.8, 4) is 0 Å². The van der Waals surface area contributed by atoms with E-state index in [0.717, 1.165) is 36.8 Å². The van der Waals surface area contributed by atoms with Crippen molar-refractivity contribution in [2.45, 2.75) is 55.9 Å². The van der Waals surface area contributed by atoms with E-state index in [1.807, 2.05) is 85.0 Å². The monoisotopic (exact) mass is 1590 g/mol. The van der Waals surface area contributed by atoms with Gasteiger partial charge < -0.3 is 36.7 Å². The Morgan fingerprint density at radius 2 is 0.971 bits per heavy atom. The quantitative estimate of drug-likeness (QED) is 0.0208. The summed E-state index contributed by atoms with van der Waals surface area (Å²) in [6.45, 7) is 10.9. The largest absolute Gasteiger partial charge is 0.478 e. The summed E-state index contributed by atoms with van der Waals surface area (Å²) in [7, 11) is 8.69. The van der Waals surface area contributed by atoms with Crippen molar-refractivity contribution in [3.63, 3.8) is 0 Å². The SMILES string of the molecule is C.CC(=O)Nc1cc(I)ccc1C.CC(=O)Nc1cc(I)ccc1C(=O)O.CC(=O)OC(C)=O.COC(=O)c1ccc(I)cc1N.Cc1ccc(I)cc1N.Cc1ccc(I)cc1[N+](=O)[O-].O=S(Cl)Cl. The van der Waals surface area contributed by atoms with Crippen LogP contribution < -0.4 is 22.1 Å². The first-order valence-corrected chi connectivity index (χ1v) is 26.9. The Morgan fingerprint density at radius 1 is 0.614 bits per heavy atom. The van der Waals surface area contributed by atoms with Crippen LogP contribution in [0.25, 0.3) is 0 Å². The van der Waals surface area contributed by atoms with E-state index in [0.29, 0.717) is 22.5 Å². The maximum Gasteiger partial charge on any atom is 0.339 e. The predicted octanol–water partition coefficient (Wildman–Crippen LogP) is 12.6. The number of esters is 3. The number of halogens is 7. The van der Waals surface area contributed by atoms with E-state index < -0.39 is 33.1 Å². The van der Waals surface area contributed by atoms with Crippen molar-refractivity contribution in [1.82, 2.24) is 0 Å². The van der Waals surface area contributed by atoms with Gasteiger partial charge >= 0.3 is 23.9 Å². The molecule has 5 rings (SSSR count). The summed E-state index contributed by atoms with van der Waals surface area (Å²) in [5, 5.41) is 24.4. The molecule has 0 fully saturated rings. The summed E-state index contributed by atoms with van der Waals surface area (Å²) in [6, 6.07) is 27.1. The number of anilines is 4. The minimum absolute atomic E-state index is 0. The number of nitrogen functional groups attached to an aromatic ring is 2. The summed E-state index contributed by atoms with van der Waals surface area (Å²) >= 11 is 10.7. The van der Waals surface area contributed by atoms with Gasteiger partial charge in [-0.2, -0.15) is 0 Å². The predicted molar refractivity (Wildman–Crippen MR) is 321 cm³/mol. The fraction of sp³-hybridized carbons (Fsp3) is 0.200. The number of carboxylic acid groups (broad SMARTS) is 1. The number of nitrogens with two attached hydrogens (primary N) is 2. The number of nitro benzene ring substituents is 1. The van der Waals surface area contributed by atoms with Gasteiger partial charge in [-0.3, -0.25) is 29.3 Å². The van der Waals surface area contributed by atoms with Crippen LogP contribution in [0.3, 0.4) is 0 Å². The Bertz CT molecular complexity index is 2600. The van der Waals surface area contributed by atoms with Gasteiger partial charge in [0.2, 0.25) is 21.0 Å². The molecule has 0 saturated carbocycles. The van der Waals surface area contributed by atoms with Crippen LogP contribution in [0.4, 0.5) is 28.4 Å². The number of nitro groups is 1. The first-order valence-electron chi connectivity index (χ1n) is 18.7. The number of aryl methyl sites for hydroxylation is 3. The summed E-state index contributed by atoms with van der Waals surface area (Å²) in [4.78, 5) is 73.0. The van der Waals surface area contributed by atoms with E-state index in [9.17, 15) is 38.9 Å². The highest BCUT2D eigenvalue weighted by Crippen LogP contribution is 2.22. The lowest BCUT2D eigenvalue weighted by Gasteiger charge is -2.06. The summed E-state index contributed by atoms with van der Waals surface area (Å²) in [5.41, 5.74) is 17.4. The summed E-state index contributed by atoms with van der Waals surface area (Å²) in [6.07, 6.45) is 0. The first-order chi connectivity index (χ1) is 31.9. The third-order valence-electron chi connectivity index (χ3n) is 7.35. The maximum atomic E-state index is 11.0. The minimum atomic E-state index is -1.67. The molecule has 0 aliphatic heterocycles. The number of benzene rings is 5.